The summed E-state index contributed by atoms with van der Waals surface area (Å²) in [6.45, 7) is 6.05. The molecule has 1 amide bonds. The Bertz CT molecular complexity index is 1020. The van der Waals surface area contributed by atoms with E-state index in [9.17, 15) is 13.2 Å². The fourth-order valence-electron chi connectivity index (χ4n) is 3.61. The van der Waals surface area contributed by atoms with Crippen molar-refractivity contribution in [3.05, 3.63) is 59.2 Å². The van der Waals surface area contributed by atoms with E-state index in [0.29, 0.717) is 23.8 Å². The minimum absolute atomic E-state index is 0.0769. The second-order valence-electron chi connectivity index (χ2n) is 8.27. The molecule has 1 saturated heterocycles. The lowest BCUT2D eigenvalue weighted by atomic mass is 9.98. The Morgan fingerprint density at radius 1 is 1.12 bits per heavy atom. The van der Waals surface area contributed by atoms with Gasteiger partial charge in [0.15, 0.2) is 0 Å². The lowest BCUT2D eigenvalue weighted by Crippen LogP contribution is -2.38. The van der Waals surface area contributed by atoms with Crippen molar-refractivity contribution in [3.8, 4) is 0 Å². The van der Waals surface area contributed by atoms with E-state index in [-0.39, 0.29) is 10.8 Å². The number of nitrogens with one attached hydrogen (secondary N) is 1. The number of rotatable bonds is 9. The summed E-state index contributed by atoms with van der Waals surface area (Å²) in [5.74, 6) is 2.07. The molecule has 2 aromatic carbocycles. The molecule has 3 rings (SSSR count). The van der Waals surface area contributed by atoms with E-state index >= 15 is 0 Å². The largest absolute Gasteiger partial charge is 0.339 e. The molecule has 5 nitrogen and oxygen atoms in total. The van der Waals surface area contributed by atoms with Crippen LogP contribution in [0.25, 0.3) is 0 Å². The van der Waals surface area contributed by atoms with Gasteiger partial charge in [-0.15, -0.1) is 11.8 Å². The molecule has 1 N–H and O–H groups in total. The molecule has 0 aliphatic carbocycles. The third-order valence-corrected chi connectivity index (χ3v) is 9.00. The molecule has 0 atom stereocenters. The van der Waals surface area contributed by atoms with Gasteiger partial charge in [-0.25, -0.2) is 13.1 Å². The number of piperidine rings is 1. The second-order valence-corrected chi connectivity index (χ2v) is 12.0. The molecule has 1 fully saturated rings. The zero-order chi connectivity index (χ0) is 23.1. The predicted molar refractivity (Wildman–Crippen MR) is 135 cm³/mol. The maximum absolute atomic E-state index is 13.1. The Hall–Kier alpha value is -1.48. The van der Waals surface area contributed by atoms with Crippen LogP contribution in [0.1, 0.15) is 41.3 Å². The summed E-state index contributed by atoms with van der Waals surface area (Å²) in [7, 11) is -3.67. The third kappa shape index (κ3) is 6.76. The van der Waals surface area contributed by atoms with Crippen LogP contribution >= 0.6 is 23.5 Å². The number of sulfonamides is 1. The van der Waals surface area contributed by atoms with Gasteiger partial charge in [-0.3, -0.25) is 4.79 Å². The molecule has 174 valence electrons. The highest BCUT2D eigenvalue weighted by Crippen LogP contribution is 2.27. The van der Waals surface area contributed by atoms with Crippen LogP contribution in [0, 0.1) is 12.8 Å². The van der Waals surface area contributed by atoms with Gasteiger partial charge in [-0.1, -0.05) is 36.8 Å². The first kappa shape index (κ1) is 25.1. The van der Waals surface area contributed by atoms with E-state index in [4.69, 9.17) is 0 Å². The lowest BCUT2D eigenvalue weighted by molar-refractivity contribution is 0.0693. The minimum Gasteiger partial charge on any atom is -0.339 e. The fraction of sp³-hybridized carbons (Fsp3) is 0.458. The quantitative estimate of drug-likeness (QED) is 0.402. The van der Waals surface area contributed by atoms with Crippen molar-refractivity contribution in [2.75, 3.05) is 31.6 Å². The van der Waals surface area contributed by atoms with Crippen LogP contribution in [0.5, 0.6) is 0 Å². The van der Waals surface area contributed by atoms with Crippen LogP contribution in [0.4, 0.5) is 0 Å². The first-order chi connectivity index (χ1) is 15.3. The average Bonchev–Trinajstić information content (AvgIpc) is 2.79. The van der Waals surface area contributed by atoms with Gasteiger partial charge in [0.2, 0.25) is 10.0 Å². The molecular formula is C24H32N2O3S3. The van der Waals surface area contributed by atoms with E-state index in [1.54, 1.807) is 23.9 Å². The molecule has 0 saturated carbocycles. The number of amides is 1. The molecule has 0 unspecified atom stereocenters. The Kier molecular flexibility index (Phi) is 9.11. The van der Waals surface area contributed by atoms with Crippen molar-refractivity contribution in [3.63, 3.8) is 0 Å². The van der Waals surface area contributed by atoms with Gasteiger partial charge in [-0.05, 0) is 55.7 Å². The minimum atomic E-state index is -3.67. The van der Waals surface area contributed by atoms with E-state index in [1.807, 2.05) is 11.2 Å². The molecule has 0 aromatic heterocycles. The topological polar surface area (TPSA) is 66.5 Å². The van der Waals surface area contributed by atoms with Crippen LogP contribution in [0.15, 0.2) is 52.3 Å². The molecular weight excluding hydrogens is 460 g/mol. The summed E-state index contributed by atoms with van der Waals surface area (Å²) in [5, 5.41) is 0. The predicted octanol–water partition coefficient (Wildman–Crippen LogP) is 4.80. The number of likely N-dealkylation sites (tertiary alicyclic amines) is 1. The molecule has 0 bridgehead atoms. The van der Waals surface area contributed by atoms with Gasteiger partial charge in [-0.2, -0.15) is 11.8 Å². The molecule has 32 heavy (non-hydrogen) atoms. The molecule has 1 aliphatic heterocycles. The maximum Gasteiger partial charge on any atom is 0.255 e. The van der Waals surface area contributed by atoms with Crippen LogP contribution < -0.4 is 4.72 Å². The standard InChI is InChI=1S/C24H32N2O3S3/c1-18-4-6-20(7-5-18)17-31-15-12-25-32(28,29)21-8-9-23(30-3)22(16-21)24(27)26-13-10-19(2)11-14-26/h4-9,16,19,25H,10-15,17H2,1-3H3. The number of carbonyl (C=O) groups excluding carboxylic acids is 1. The van der Waals surface area contributed by atoms with Gasteiger partial charge >= 0.3 is 0 Å². The first-order valence-corrected chi connectivity index (χ1v) is 14.8. The van der Waals surface area contributed by atoms with Gasteiger partial charge in [0.1, 0.15) is 0 Å². The Balaban J connectivity index is 1.60. The number of aryl methyl sites for hydroxylation is 1. The number of thioether (sulfide) groups is 2. The summed E-state index contributed by atoms with van der Waals surface area (Å²) >= 11 is 3.15. The molecule has 8 heteroatoms. The van der Waals surface area contributed by atoms with Gasteiger partial charge in [0, 0.05) is 36.0 Å². The highest BCUT2D eigenvalue weighted by atomic mass is 32.2. The summed E-state index contributed by atoms with van der Waals surface area (Å²) in [6.07, 6.45) is 3.88. The lowest BCUT2D eigenvalue weighted by Gasteiger charge is -2.30. The smallest absolute Gasteiger partial charge is 0.255 e. The van der Waals surface area contributed by atoms with E-state index < -0.39 is 10.0 Å². The Labute approximate surface area is 200 Å². The number of hydrogen-bond donors (Lipinski definition) is 1. The summed E-state index contributed by atoms with van der Waals surface area (Å²) in [5.41, 5.74) is 2.93. The molecule has 0 spiro atoms. The van der Waals surface area contributed by atoms with E-state index in [1.165, 1.54) is 29.0 Å². The molecule has 0 radical (unpaired) electrons. The van der Waals surface area contributed by atoms with E-state index in [0.717, 1.165) is 36.6 Å². The number of nitrogens with zero attached hydrogens (tertiary/aromatic N) is 1. The Morgan fingerprint density at radius 3 is 2.47 bits per heavy atom. The summed E-state index contributed by atoms with van der Waals surface area (Å²) in [6, 6.07) is 13.2. The number of carbonyl (C=O) groups is 1. The van der Waals surface area contributed by atoms with Crippen molar-refractivity contribution in [1.82, 2.24) is 9.62 Å². The zero-order valence-electron chi connectivity index (χ0n) is 19.0. The van der Waals surface area contributed by atoms with Crippen molar-refractivity contribution < 1.29 is 13.2 Å². The highest BCUT2D eigenvalue weighted by molar-refractivity contribution is 7.98. The monoisotopic (exact) mass is 492 g/mol. The van der Waals surface area contributed by atoms with Gasteiger partial charge in [0.25, 0.3) is 5.91 Å². The maximum atomic E-state index is 13.1. The van der Waals surface area contributed by atoms with Crippen molar-refractivity contribution in [2.24, 2.45) is 5.92 Å². The number of hydrogen-bond acceptors (Lipinski definition) is 5. The fourth-order valence-corrected chi connectivity index (χ4v) is 6.19. The highest BCUT2D eigenvalue weighted by Gasteiger charge is 2.25. The van der Waals surface area contributed by atoms with Gasteiger partial charge in [0.05, 0.1) is 10.5 Å². The molecule has 2 aromatic rings. The summed E-state index contributed by atoms with van der Waals surface area (Å²) < 4.78 is 28.4. The normalized spacial score (nSPS) is 15.2. The van der Waals surface area contributed by atoms with E-state index in [2.05, 4.69) is 42.8 Å². The van der Waals surface area contributed by atoms with Crippen molar-refractivity contribution in [2.45, 2.75) is 42.2 Å². The zero-order valence-corrected chi connectivity index (χ0v) is 21.4. The third-order valence-electron chi connectivity index (χ3n) is 5.71. The molecule has 1 heterocycles. The first-order valence-electron chi connectivity index (χ1n) is 10.9. The average molecular weight is 493 g/mol. The van der Waals surface area contributed by atoms with Crippen LogP contribution in [-0.2, 0) is 15.8 Å². The van der Waals surface area contributed by atoms with Crippen LogP contribution in [-0.4, -0.2) is 50.9 Å². The van der Waals surface area contributed by atoms with Crippen LogP contribution in [0.2, 0.25) is 0 Å². The second kappa shape index (κ2) is 11.6. The van der Waals surface area contributed by atoms with Gasteiger partial charge < -0.3 is 4.90 Å². The number of benzene rings is 2. The van der Waals surface area contributed by atoms with Crippen molar-refractivity contribution in [1.29, 1.82) is 0 Å². The van der Waals surface area contributed by atoms with Crippen molar-refractivity contribution >= 4 is 39.5 Å². The Morgan fingerprint density at radius 2 is 1.81 bits per heavy atom. The van der Waals surface area contributed by atoms with Crippen LogP contribution in [0.3, 0.4) is 0 Å². The SMILES string of the molecule is CSc1ccc(S(=O)(=O)NCCSCc2ccc(C)cc2)cc1C(=O)N1CCC(C)CC1. The summed E-state index contributed by atoms with van der Waals surface area (Å²) in [4.78, 5) is 15.9. The molecule has 1 aliphatic rings.